The molecule has 6 heteroatoms. The van der Waals surface area contributed by atoms with Gasteiger partial charge in [-0.05, 0) is 43.6 Å². The van der Waals surface area contributed by atoms with E-state index in [0.717, 1.165) is 18.5 Å². The van der Waals surface area contributed by atoms with Crippen LogP contribution < -0.4 is 10.5 Å². The zero-order valence-corrected chi connectivity index (χ0v) is 13.1. The van der Waals surface area contributed by atoms with Crippen molar-refractivity contribution in [2.75, 3.05) is 0 Å². The number of nitrogens with zero attached hydrogens (tertiary/aromatic N) is 3. The molecular formula is C15H24N4O2. The lowest BCUT2D eigenvalue weighted by Crippen LogP contribution is -2.34. The lowest BCUT2D eigenvalue weighted by molar-refractivity contribution is 0.0498. The molecule has 2 rings (SSSR count). The minimum absolute atomic E-state index is 0.0392. The Morgan fingerprint density at radius 3 is 2.76 bits per heavy atom. The van der Waals surface area contributed by atoms with Crippen LogP contribution in [-0.4, -0.2) is 27.1 Å². The highest BCUT2D eigenvalue weighted by Crippen LogP contribution is 2.39. The van der Waals surface area contributed by atoms with Crippen molar-refractivity contribution in [2.45, 2.75) is 53.1 Å². The predicted molar refractivity (Wildman–Crippen MR) is 80.5 cm³/mol. The van der Waals surface area contributed by atoms with Gasteiger partial charge >= 0.3 is 6.01 Å². The standard InChI is InChI=1S/C15H24N4O2/c1-9-5-11(8-15(3,4)7-9)21-14-17-10(2)6-12(18-14)13(16)19-20/h6,9,11,20H,5,7-8H2,1-4H3,(H2,16,19). The molecule has 2 unspecified atom stereocenters. The van der Waals surface area contributed by atoms with E-state index in [4.69, 9.17) is 15.7 Å². The van der Waals surface area contributed by atoms with E-state index in [2.05, 4.69) is 35.9 Å². The predicted octanol–water partition coefficient (Wildman–Crippen LogP) is 2.47. The van der Waals surface area contributed by atoms with Crippen molar-refractivity contribution in [1.82, 2.24) is 9.97 Å². The first kappa shape index (κ1) is 15.5. The molecule has 6 nitrogen and oxygen atoms in total. The highest BCUT2D eigenvalue weighted by atomic mass is 16.5. The summed E-state index contributed by atoms with van der Waals surface area (Å²) in [7, 11) is 0. The highest BCUT2D eigenvalue weighted by molar-refractivity contribution is 5.95. The van der Waals surface area contributed by atoms with Crippen molar-refractivity contribution in [3.63, 3.8) is 0 Å². The summed E-state index contributed by atoms with van der Waals surface area (Å²) >= 11 is 0. The van der Waals surface area contributed by atoms with Gasteiger partial charge in [0.1, 0.15) is 11.8 Å². The summed E-state index contributed by atoms with van der Waals surface area (Å²) in [6.45, 7) is 8.60. The molecule has 116 valence electrons. The monoisotopic (exact) mass is 292 g/mol. The average molecular weight is 292 g/mol. The van der Waals surface area contributed by atoms with Gasteiger partial charge in [0.2, 0.25) is 0 Å². The second kappa shape index (κ2) is 5.87. The number of hydrogen-bond donors (Lipinski definition) is 2. The number of oxime groups is 1. The summed E-state index contributed by atoms with van der Waals surface area (Å²) in [4.78, 5) is 8.51. The summed E-state index contributed by atoms with van der Waals surface area (Å²) < 4.78 is 5.96. The van der Waals surface area contributed by atoms with Crippen molar-refractivity contribution in [3.05, 3.63) is 17.5 Å². The molecule has 1 aromatic rings. The molecular weight excluding hydrogens is 268 g/mol. The first-order valence-corrected chi connectivity index (χ1v) is 7.29. The van der Waals surface area contributed by atoms with Crippen LogP contribution in [0, 0.1) is 18.3 Å². The van der Waals surface area contributed by atoms with E-state index in [9.17, 15) is 0 Å². The Balaban J connectivity index is 2.17. The Bertz CT molecular complexity index is 542. The molecule has 1 aliphatic carbocycles. The van der Waals surface area contributed by atoms with Gasteiger partial charge in [-0.1, -0.05) is 25.9 Å². The smallest absolute Gasteiger partial charge is 0.317 e. The van der Waals surface area contributed by atoms with Gasteiger partial charge in [-0.3, -0.25) is 0 Å². The van der Waals surface area contributed by atoms with Gasteiger partial charge in [-0.15, -0.1) is 0 Å². The van der Waals surface area contributed by atoms with Crippen LogP contribution in [0.15, 0.2) is 11.2 Å². The first-order valence-electron chi connectivity index (χ1n) is 7.29. The summed E-state index contributed by atoms with van der Waals surface area (Å²) in [5.41, 5.74) is 6.95. The molecule has 1 fully saturated rings. The summed E-state index contributed by atoms with van der Waals surface area (Å²) in [5.74, 6) is 0.579. The van der Waals surface area contributed by atoms with Crippen molar-refractivity contribution in [3.8, 4) is 6.01 Å². The van der Waals surface area contributed by atoms with Gasteiger partial charge in [0, 0.05) is 5.69 Å². The van der Waals surface area contributed by atoms with Crippen LogP contribution in [-0.2, 0) is 0 Å². The van der Waals surface area contributed by atoms with Gasteiger partial charge in [0.15, 0.2) is 5.84 Å². The van der Waals surface area contributed by atoms with Crippen LogP contribution in [0.1, 0.15) is 51.4 Å². The van der Waals surface area contributed by atoms with Crippen LogP contribution >= 0.6 is 0 Å². The molecule has 0 saturated heterocycles. The largest absolute Gasteiger partial charge is 0.460 e. The quantitative estimate of drug-likeness (QED) is 0.386. The molecule has 0 radical (unpaired) electrons. The molecule has 1 saturated carbocycles. The molecule has 1 aromatic heterocycles. The zero-order chi connectivity index (χ0) is 15.6. The number of amidine groups is 1. The Kier molecular flexibility index (Phi) is 4.34. The molecule has 0 aliphatic heterocycles. The molecule has 1 heterocycles. The van der Waals surface area contributed by atoms with Crippen LogP contribution in [0.4, 0.5) is 0 Å². The number of ether oxygens (including phenoxy) is 1. The fraction of sp³-hybridized carbons (Fsp3) is 0.667. The molecule has 0 aromatic carbocycles. The van der Waals surface area contributed by atoms with E-state index in [-0.39, 0.29) is 17.4 Å². The Labute approximate surface area is 125 Å². The molecule has 0 spiro atoms. The van der Waals surface area contributed by atoms with Crippen molar-refractivity contribution in [2.24, 2.45) is 22.2 Å². The Morgan fingerprint density at radius 2 is 2.14 bits per heavy atom. The fourth-order valence-corrected chi connectivity index (χ4v) is 3.27. The SMILES string of the molecule is Cc1cc(/C(N)=N/O)nc(OC2CC(C)CC(C)(C)C2)n1. The van der Waals surface area contributed by atoms with Crippen molar-refractivity contribution < 1.29 is 9.94 Å². The third-order valence-electron chi connectivity index (χ3n) is 3.82. The minimum Gasteiger partial charge on any atom is -0.460 e. The van der Waals surface area contributed by atoms with Crippen LogP contribution in [0.2, 0.25) is 0 Å². The van der Waals surface area contributed by atoms with Gasteiger partial charge < -0.3 is 15.7 Å². The van der Waals surface area contributed by atoms with E-state index in [1.807, 2.05) is 6.92 Å². The Morgan fingerprint density at radius 1 is 1.43 bits per heavy atom. The topological polar surface area (TPSA) is 93.6 Å². The number of nitrogens with two attached hydrogens (primary N) is 1. The first-order chi connectivity index (χ1) is 9.79. The Hall–Kier alpha value is -1.85. The third kappa shape index (κ3) is 4.06. The van der Waals surface area contributed by atoms with Crippen LogP contribution in [0.25, 0.3) is 0 Å². The molecule has 3 N–H and O–H groups in total. The lowest BCUT2D eigenvalue weighted by atomic mass is 9.71. The lowest BCUT2D eigenvalue weighted by Gasteiger charge is -2.38. The minimum atomic E-state index is -0.0392. The van der Waals surface area contributed by atoms with Crippen LogP contribution in [0.3, 0.4) is 0 Å². The van der Waals surface area contributed by atoms with Gasteiger partial charge in [-0.25, -0.2) is 4.98 Å². The van der Waals surface area contributed by atoms with Crippen molar-refractivity contribution in [1.29, 1.82) is 0 Å². The maximum atomic E-state index is 8.76. The molecule has 1 aliphatic rings. The van der Waals surface area contributed by atoms with Crippen molar-refractivity contribution >= 4 is 5.84 Å². The molecule has 2 atom stereocenters. The van der Waals surface area contributed by atoms with Gasteiger partial charge in [-0.2, -0.15) is 4.98 Å². The van der Waals surface area contributed by atoms with E-state index < -0.39 is 0 Å². The molecule has 0 amide bonds. The van der Waals surface area contributed by atoms with Crippen LogP contribution in [0.5, 0.6) is 6.01 Å². The number of aromatic nitrogens is 2. The van der Waals surface area contributed by atoms with Gasteiger partial charge in [0.25, 0.3) is 0 Å². The number of rotatable bonds is 3. The normalized spacial score (nSPS) is 25.6. The fourth-order valence-electron chi connectivity index (χ4n) is 3.27. The average Bonchev–Trinajstić information content (AvgIpc) is 2.34. The van der Waals surface area contributed by atoms with E-state index in [1.54, 1.807) is 6.07 Å². The maximum Gasteiger partial charge on any atom is 0.317 e. The number of hydrogen-bond acceptors (Lipinski definition) is 5. The van der Waals surface area contributed by atoms with E-state index >= 15 is 0 Å². The summed E-state index contributed by atoms with van der Waals surface area (Å²) in [6.07, 6.45) is 3.29. The summed E-state index contributed by atoms with van der Waals surface area (Å²) in [6, 6.07) is 1.96. The highest BCUT2D eigenvalue weighted by Gasteiger charge is 2.33. The third-order valence-corrected chi connectivity index (χ3v) is 3.82. The number of aryl methyl sites for hydroxylation is 1. The van der Waals surface area contributed by atoms with E-state index in [0.29, 0.717) is 17.6 Å². The van der Waals surface area contributed by atoms with Gasteiger partial charge in [0.05, 0.1) is 0 Å². The zero-order valence-electron chi connectivity index (χ0n) is 13.1. The molecule has 21 heavy (non-hydrogen) atoms. The second-order valence-electron chi connectivity index (χ2n) is 6.82. The molecule has 0 bridgehead atoms. The second-order valence-corrected chi connectivity index (χ2v) is 6.82. The van der Waals surface area contributed by atoms with E-state index in [1.165, 1.54) is 6.42 Å². The maximum absolute atomic E-state index is 8.76. The summed E-state index contributed by atoms with van der Waals surface area (Å²) in [5, 5.41) is 11.7.